The van der Waals surface area contributed by atoms with Crippen molar-refractivity contribution in [1.29, 1.82) is 0 Å². The van der Waals surface area contributed by atoms with Gasteiger partial charge in [0.2, 0.25) is 0 Å². The Bertz CT molecular complexity index is 720. The molecular weight excluding hydrogens is 362 g/mol. The lowest BCUT2D eigenvalue weighted by Gasteiger charge is -2.22. The minimum Gasteiger partial charge on any atom is -0.467 e. The maximum absolute atomic E-state index is 12.1. The first-order chi connectivity index (χ1) is 11.9. The van der Waals surface area contributed by atoms with Crippen LogP contribution in [-0.4, -0.2) is 45.8 Å². The Labute approximate surface area is 153 Å². The molecule has 26 heavy (non-hydrogen) atoms. The molecule has 0 unspecified atom stereocenters. The van der Waals surface area contributed by atoms with Crippen LogP contribution in [0.25, 0.3) is 0 Å². The maximum atomic E-state index is 12.1. The van der Waals surface area contributed by atoms with E-state index in [0.717, 1.165) is 12.7 Å². The topological polar surface area (TPSA) is 108 Å². The predicted octanol–water partition coefficient (Wildman–Crippen LogP) is 2.16. The number of esters is 1. The molecule has 0 saturated heterocycles. The van der Waals surface area contributed by atoms with E-state index < -0.39 is 33.8 Å². The van der Waals surface area contributed by atoms with Crippen molar-refractivity contribution in [2.45, 2.75) is 50.7 Å². The standard InChI is InChI=1S/C17H25NO7S/c1-12-6-8-13(9-7-12)26(21,22)24-11-10-14(15(19)23-5)18-16(20)25-17(2,3)4/h6-9,14H,10-11H2,1-5H3,(H,18,20)/t14-/m0/s1. The van der Waals surface area contributed by atoms with Crippen LogP contribution in [0.3, 0.4) is 0 Å². The molecule has 0 aliphatic heterocycles. The summed E-state index contributed by atoms with van der Waals surface area (Å²) in [6.07, 6.45) is -0.911. The van der Waals surface area contributed by atoms with Crippen molar-refractivity contribution in [2.24, 2.45) is 0 Å². The van der Waals surface area contributed by atoms with Gasteiger partial charge in [-0.1, -0.05) is 17.7 Å². The van der Waals surface area contributed by atoms with Crippen LogP contribution in [0.4, 0.5) is 4.79 Å². The van der Waals surface area contributed by atoms with Gasteiger partial charge < -0.3 is 14.8 Å². The molecule has 1 aromatic rings. The van der Waals surface area contributed by atoms with Crippen molar-refractivity contribution in [3.8, 4) is 0 Å². The van der Waals surface area contributed by atoms with Crippen LogP contribution in [-0.2, 0) is 28.6 Å². The Balaban J connectivity index is 2.68. The second-order valence-corrected chi connectivity index (χ2v) is 8.22. The summed E-state index contributed by atoms with van der Waals surface area (Å²) in [5, 5.41) is 2.35. The van der Waals surface area contributed by atoms with E-state index in [1.807, 2.05) is 6.92 Å². The van der Waals surface area contributed by atoms with Crippen molar-refractivity contribution in [2.75, 3.05) is 13.7 Å². The fraction of sp³-hybridized carbons (Fsp3) is 0.529. The molecule has 0 bridgehead atoms. The molecule has 1 atom stereocenters. The Morgan fingerprint density at radius 3 is 2.23 bits per heavy atom. The van der Waals surface area contributed by atoms with Gasteiger partial charge in [0.25, 0.3) is 10.1 Å². The van der Waals surface area contributed by atoms with Gasteiger partial charge in [0.05, 0.1) is 18.6 Å². The average Bonchev–Trinajstić information content (AvgIpc) is 2.51. The number of alkyl carbamates (subject to hydrolysis) is 1. The fourth-order valence-electron chi connectivity index (χ4n) is 1.89. The smallest absolute Gasteiger partial charge is 0.408 e. The van der Waals surface area contributed by atoms with E-state index >= 15 is 0 Å². The molecule has 0 aliphatic rings. The molecule has 1 N–H and O–H groups in total. The van der Waals surface area contributed by atoms with Gasteiger partial charge in [-0.25, -0.2) is 9.59 Å². The summed E-state index contributed by atoms with van der Waals surface area (Å²) in [6.45, 7) is 6.55. The molecule has 0 fully saturated rings. The number of amides is 1. The highest BCUT2D eigenvalue weighted by Gasteiger charge is 2.26. The largest absolute Gasteiger partial charge is 0.467 e. The van der Waals surface area contributed by atoms with Crippen molar-refractivity contribution in [1.82, 2.24) is 5.32 Å². The zero-order valence-corrected chi connectivity index (χ0v) is 16.4. The maximum Gasteiger partial charge on any atom is 0.408 e. The van der Waals surface area contributed by atoms with E-state index in [-0.39, 0.29) is 17.9 Å². The van der Waals surface area contributed by atoms with Crippen molar-refractivity contribution >= 4 is 22.2 Å². The molecular formula is C17H25NO7S. The van der Waals surface area contributed by atoms with E-state index in [1.165, 1.54) is 12.1 Å². The second-order valence-electron chi connectivity index (χ2n) is 6.60. The van der Waals surface area contributed by atoms with Gasteiger partial charge in [0.15, 0.2) is 0 Å². The molecule has 1 amide bonds. The first-order valence-electron chi connectivity index (χ1n) is 7.98. The average molecular weight is 387 g/mol. The first kappa shape index (κ1) is 21.9. The molecule has 8 nitrogen and oxygen atoms in total. The summed E-state index contributed by atoms with van der Waals surface area (Å²) in [6, 6.07) is 5.07. The van der Waals surface area contributed by atoms with E-state index in [0.29, 0.717) is 0 Å². The van der Waals surface area contributed by atoms with Crippen molar-refractivity contribution < 1.29 is 31.7 Å². The van der Waals surface area contributed by atoms with Crippen LogP contribution >= 0.6 is 0 Å². The van der Waals surface area contributed by atoms with Gasteiger partial charge in [0.1, 0.15) is 11.6 Å². The quantitative estimate of drug-likeness (QED) is 0.564. The molecule has 0 spiro atoms. The molecule has 1 aromatic carbocycles. The summed E-state index contributed by atoms with van der Waals surface area (Å²) in [7, 11) is -2.80. The number of aryl methyl sites for hydroxylation is 1. The number of nitrogens with one attached hydrogen (secondary N) is 1. The number of ether oxygens (including phenoxy) is 2. The van der Waals surface area contributed by atoms with Crippen molar-refractivity contribution in [3.05, 3.63) is 29.8 Å². The zero-order valence-electron chi connectivity index (χ0n) is 15.6. The summed E-state index contributed by atoms with van der Waals surface area (Å²) in [4.78, 5) is 23.6. The first-order valence-corrected chi connectivity index (χ1v) is 9.39. The highest BCUT2D eigenvalue weighted by Crippen LogP contribution is 2.14. The van der Waals surface area contributed by atoms with E-state index in [1.54, 1.807) is 32.9 Å². The molecule has 146 valence electrons. The Morgan fingerprint density at radius 1 is 1.15 bits per heavy atom. The Hall–Kier alpha value is -2.13. The normalized spacial score (nSPS) is 13.0. The highest BCUT2D eigenvalue weighted by atomic mass is 32.2. The lowest BCUT2D eigenvalue weighted by atomic mass is 10.2. The molecule has 0 aromatic heterocycles. The van der Waals surface area contributed by atoms with Crippen LogP contribution in [0.15, 0.2) is 29.2 Å². The zero-order chi connectivity index (χ0) is 20.0. The van der Waals surface area contributed by atoms with Gasteiger partial charge in [0, 0.05) is 6.42 Å². The molecule has 0 saturated carbocycles. The molecule has 0 radical (unpaired) electrons. The summed E-state index contributed by atoms with van der Waals surface area (Å²) >= 11 is 0. The number of hydrogen-bond donors (Lipinski definition) is 1. The number of carbonyl (C=O) groups excluding carboxylic acids is 2. The third-order valence-electron chi connectivity index (χ3n) is 3.13. The predicted molar refractivity (Wildman–Crippen MR) is 94.1 cm³/mol. The van der Waals surface area contributed by atoms with E-state index in [2.05, 4.69) is 10.1 Å². The van der Waals surface area contributed by atoms with Gasteiger partial charge in [-0.05, 0) is 39.8 Å². The fourth-order valence-corrected chi connectivity index (χ4v) is 2.81. The van der Waals surface area contributed by atoms with E-state index in [4.69, 9.17) is 8.92 Å². The van der Waals surface area contributed by atoms with Gasteiger partial charge >= 0.3 is 12.1 Å². The monoisotopic (exact) mass is 387 g/mol. The molecule has 0 aliphatic carbocycles. The van der Waals surface area contributed by atoms with Gasteiger partial charge in [-0.15, -0.1) is 0 Å². The Morgan fingerprint density at radius 2 is 1.73 bits per heavy atom. The lowest BCUT2D eigenvalue weighted by molar-refractivity contribution is -0.143. The molecule has 1 rings (SSSR count). The van der Waals surface area contributed by atoms with Crippen molar-refractivity contribution in [3.63, 3.8) is 0 Å². The van der Waals surface area contributed by atoms with Gasteiger partial charge in [-0.2, -0.15) is 8.42 Å². The summed E-state index contributed by atoms with van der Waals surface area (Å²) < 4.78 is 38.9. The van der Waals surface area contributed by atoms with Crippen LogP contribution in [0.5, 0.6) is 0 Å². The number of rotatable bonds is 7. The highest BCUT2D eigenvalue weighted by molar-refractivity contribution is 7.86. The minimum atomic E-state index is -3.96. The third kappa shape index (κ3) is 7.40. The summed E-state index contributed by atoms with van der Waals surface area (Å²) in [5.41, 5.74) is 0.173. The van der Waals surface area contributed by atoms with Gasteiger partial charge in [-0.3, -0.25) is 4.18 Å². The van der Waals surface area contributed by atoms with Crippen LogP contribution in [0, 0.1) is 6.92 Å². The van der Waals surface area contributed by atoms with E-state index in [9.17, 15) is 18.0 Å². The lowest BCUT2D eigenvalue weighted by Crippen LogP contribution is -2.44. The SMILES string of the molecule is COC(=O)[C@H](CCOS(=O)(=O)c1ccc(C)cc1)NC(=O)OC(C)(C)C. The summed E-state index contributed by atoms with van der Waals surface area (Å²) in [5.74, 6) is -0.729. The van der Waals surface area contributed by atoms with Crippen LogP contribution in [0.2, 0.25) is 0 Å². The number of methoxy groups -OCH3 is 1. The molecule has 9 heteroatoms. The second kappa shape index (κ2) is 9.00. The molecule has 0 heterocycles. The number of benzene rings is 1. The minimum absolute atomic E-state index is 0.0119. The number of carbonyl (C=O) groups is 2. The third-order valence-corrected chi connectivity index (χ3v) is 4.46. The van der Waals surface area contributed by atoms with Crippen LogP contribution < -0.4 is 5.32 Å². The van der Waals surface area contributed by atoms with Crippen LogP contribution in [0.1, 0.15) is 32.8 Å². The number of hydrogen-bond acceptors (Lipinski definition) is 7. The Kier molecular flexibility index (Phi) is 7.58.